The zero-order chi connectivity index (χ0) is 16.4. The van der Waals surface area contributed by atoms with Crippen LogP contribution in [0.1, 0.15) is 11.6 Å². The Morgan fingerprint density at radius 3 is 2.62 bits per heavy atom. The Labute approximate surface area is 152 Å². The monoisotopic (exact) mass is 390 g/mol. The predicted molar refractivity (Wildman–Crippen MR) is 94.6 cm³/mol. The molecule has 2 aromatic carbocycles. The number of hydrogen-bond donors (Lipinski definition) is 1. The maximum atomic E-state index is 13.5. The van der Waals surface area contributed by atoms with Gasteiger partial charge in [0.15, 0.2) is 0 Å². The second-order valence-corrected chi connectivity index (χ2v) is 7.59. The smallest absolute Gasteiger partial charge is 0.245 e. The van der Waals surface area contributed by atoms with E-state index in [9.17, 15) is 12.8 Å². The van der Waals surface area contributed by atoms with E-state index in [1.165, 1.54) is 22.5 Å². The number of rotatable bonds is 3. The molecule has 0 saturated carbocycles. The van der Waals surface area contributed by atoms with Gasteiger partial charge in [-0.25, -0.2) is 12.8 Å². The van der Waals surface area contributed by atoms with Crippen LogP contribution in [0.4, 0.5) is 4.39 Å². The zero-order valence-corrected chi connectivity index (χ0v) is 15.0. The molecule has 130 valence electrons. The van der Waals surface area contributed by atoms with E-state index in [1.807, 2.05) is 0 Å². The van der Waals surface area contributed by atoms with E-state index in [1.54, 1.807) is 30.3 Å². The number of benzene rings is 2. The van der Waals surface area contributed by atoms with Crippen LogP contribution >= 0.6 is 24.0 Å². The van der Waals surface area contributed by atoms with Crippen molar-refractivity contribution in [2.24, 2.45) is 0 Å². The summed E-state index contributed by atoms with van der Waals surface area (Å²) < 4.78 is 40.9. The minimum absolute atomic E-state index is 0. The van der Waals surface area contributed by atoms with Crippen LogP contribution in [0.25, 0.3) is 0 Å². The van der Waals surface area contributed by atoms with Crippen molar-refractivity contribution in [3.63, 3.8) is 0 Å². The zero-order valence-electron chi connectivity index (χ0n) is 12.7. The molecule has 1 aliphatic rings. The van der Waals surface area contributed by atoms with Gasteiger partial charge in [0.05, 0.1) is 11.1 Å². The highest BCUT2D eigenvalue weighted by molar-refractivity contribution is 7.89. The van der Waals surface area contributed by atoms with E-state index < -0.39 is 16.1 Å². The Kier molecular flexibility index (Phi) is 6.22. The third kappa shape index (κ3) is 3.73. The van der Waals surface area contributed by atoms with Gasteiger partial charge < -0.3 is 5.32 Å². The number of nitrogens with zero attached hydrogens (tertiary/aromatic N) is 1. The largest absolute Gasteiger partial charge is 0.313 e. The topological polar surface area (TPSA) is 49.4 Å². The van der Waals surface area contributed by atoms with Crippen LogP contribution in [0, 0.1) is 5.82 Å². The molecule has 0 spiro atoms. The van der Waals surface area contributed by atoms with Crippen molar-refractivity contribution < 1.29 is 12.8 Å². The molecule has 1 aliphatic heterocycles. The Bertz CT molecular complexity index is 817. The van der Waals surface area contributed by atoms with Gasteiger partial charge in [-0.05, 0) is 29.8 Å². The lowest BCUT2D eigenvalue weighted by atomic mass is 10.1. The molecule has 0 bridgehead atoms. The summed E-state index contributed by atoms with van der Waals surface area (Å²) in [6, 6.07) is 11.9. The Morgan fingerprint density at radius 1 is 1.17 bits per heavy atom. The highest BCUT2D eigenvalue weighted by Crippen LogP contribution is 2.32. The number of piperazine rings is 1. The fourth-order valence-corrected chi connectivity index (χ4v) is 4.86. The van der Waals surface area contributed by atoms with E-state index in [4.69, 9.17) is 11.6 Å². The number of sulfonamides is 1. The van der Waals surface area contributed by atoms with Crippen molar-refractivity contribution in [1.29, 1.82) is 0 Å². The van der Waals surface area contributed by atoms with E-state index in [0.717, 1.165) is 0 Å². The molecule has 1 heterocycles. The molecule has 0 amide bonds. The molecule has 24 heavy (non-hydrogen) atoms. The second-order valence-electron chi connectivity index (χ2n) is 5.32. The number of nitrogens with one attached hydrogen (secondary N) is 1. The quantitative estimate of drug-likeness (QED) is 0.874. The summed E-state index contributed by atoms with van der Waals surface area (Å²) in [6.45, 7) is 1.26. The van der Waals surface area contributed by atoms with Crippen molar-refractivity contribution in [2.45, 2.75) is 10.9 Å². The van der Waals surface area contributed by atoms with Crippen LogP contribution in [0.3, 0.4) is 0 Å². The molecule has 0 radical (unpaired) electrons. The van der Waals surface area contributed by atoms with Gasteiger partial charge in [0, 0.05) is 19.6 Å². The molecule has 3 rings (SSSR count). The van der Waals surface area contributed by atoms with Crippen LogP contribution in [-0.4, -0.2) is 32.4 Å². The van der Waals surface area contributed by atoms with E-state index in [0.29, 0.717) is 25.2 Å². The average Bonchev–Trinajstić information content (AvgIpc) is 2.55. The molecule has 4 nitrogen and oxygen atoms in total. The molecule has 1 atom stereocenters. The summed E-state index contributed by atoms with van der Waals surface area (Å²) in [5.74, 6) is -0.386. The van der Waals surface area contributed by atoms with Crippen LogP contribution in [-0.2, 0) is 10.0 Å². The summed E-state index contributed by atoms with van der Waals surface area (Å²) in [4.78, 5) is 0.0740. The van der Waals surface area contributed by atoms with E-state index in [-0.39, 0.29) is 28.1 Å². The first kappa shape index (κ1) is 19.1. The summed E-state index contributed by atoms with van der Waals surface area (Å²) in [5, 5.41) is 3.34. The van der Waals surface area contributed by atoms with Crippen LogP contribution in [0.15, 0.2) is 53.4 Å². The maximum absolute atomic E-state index is 13.5. The lowest BCUT2D eigenvalue weighted by Crippen LogP contribution is -2.48. The fraction of sp³-hybridized carbons (Fsp3) is 0.250. The van der Waals surface area contributed by atoms with Gasteiger partial charge in [-0.2, -0.15) is 4.31 Å². The molecule has 8 heteroatoms. The maximum Gasteiger partial charge on any atom is 0.245 e. The highest BCUT2D eigenvalue weighted by atomic mass is 35.5. The van der Waals surface area contributed by atoms with Crippen LogP contribution in [0.2, 0.25) is 5.02 Å². The molecular weight excluding hydrogens is 374 g/mol. The predicted octanol–water partition coefficient (Wildman–Crippen LogP) is 3.24. The van der Waals surface area contributed by atoms with E-state index in [2.05, 4.69) is 5.32 Å². The van der Waals surface area contributed by atoms with Crippen molar-refractivity contribution in [1.82, 2.24) is 9.62 Å². The minimum atomic E-state index is -3.76. The van der Waals surface area contributed by atoms with Crippen molar-refractivity contribution in [2.75, 3.05) is 19.6 Å². The second kappa shape index (κ2) is 7.80. The van der Waals surface area contributed by atoms with Gasteiger partial charge in [-0.3, -0.25) is 0 Å². The third-order valence-electron chi connectivity index (χ3n) is 3.85. The van der Waals surface area contributed by atoms with Crippen LogP contribution in [0.5, 0.6) is 0 Å². The van der Waals surface area contributed by atoms with Gasteiger partial charge in [-0.1, -0.05) is 35.9 Å². The average molecular weight is 391 g/mol. The Morgan fingerprint density at radius 2 is 1.92 bits per heavy atom. The molecule has 0 aromatic heterocycles. The molecule has 1 saturated heterocycles. The van der Waals surface area contributed by atoms with Crippen molar-refractivity contribution in [3.8, 4) is 0 Å². The van der Waals surface area contributed by atoms with Gasteiger partial charge >= 0.3 is 0 Å². The minimum Gasteiger partial charge on any atom is -0.313 e. The Hall–Kier alpha value is -1.18. The molecule has 1 unspecified atom stereocenters. The summed E-state index contributed by atoms with van der Waals surface area (Å²) in [7, 11) is -3.76. The molecule has 0 aliphatic carbocycles. The standard InChI is InChI=1S/C16H16ClFN2O2S.ClH/c17-14-6-1-2-7-16(14)23(21,22)20-9-8-19-11-15(20)12-4-3-5-13(18)10-12;/h1-7,10,15,19H,8-9,11H2;1H. The Balaban J connectivity index is 0.00000208. The summed E-state index contributed by atoms with van der Waals surface area (Å²) >= 11 is 6.07. The molecule has 2 aromatic rings. The van der Waals surface area contributed by atoms with Gasteiger partial charge in [0.1, 0.15) is 10.7 Å². The van der Waals surface area contributed by atoms with Crippen molar-refractivity contribution in [3.05, 3.63) is 64.9 Å². The van der Waals surface area contributed by atoms with Crippen molar-refractivity contribution >= 4 is 34.0 Å². The molecule has 1 fully saturated rings. The third-order valence-corrected chi connectivity index (χ3v) is 6.26. The fourth-order valence-electron chi connectivity index (χ4n) is 2.75. The van der Waals surface area contributed by atoms with Gasteiger partial charge in [0.2, 0.25) is 10.0 Å². The first-order valence-electron chi connectivity index (χ1n) is 7.23. The first-order chi connectivity index (χ1) is 11.0. The number of hydrogen-bond acceptors (Lipinski definition) is 3. The molecule has 1 N–H and O–H groups in total. The first-order valence-corrected chi connectivity index (χ1v) is 9.04. The number of halogens is 3. The lowest BCUT2D eigenvalue weighted by Gasteiger charge is -2.35. The van der Waals surface area contributed by atoms with Gasteiger partial charge in [0.25, 0.3) is 0 Å². The van der Waals surface area contributed by atoms with Crippen LogP contribution < -0.4 is 5.32 Å². The summed E-state index contributed by atoms with van der Waals surface area (Å²) in [6.07, 6.45) is 0. The highest BCUT2D eigenvalue weighted by Gasteiger charge is 2.35. The lowest BCUT2D eigenvalue weighted by molar-refractivity contribution is 0.271. The molecular formula is C16H17Cl2FN2O2S. The van der Waals surface area contributed by atoms with Gasteiger partial charge in [-0.15, -0.1) is 12.4 Å². The summed E-state index contributed by atoms with van der Waals surface area (Å²) in [5.41, 5.74) is 0.618. The van der Waals surface area contributed by atoms with E-state index >= 15 is 0 Å². The normalized spacial score (nSPS) is 18.8. The SMILES string of the molecule is Cl.O=S(=O)(c1ccccc1Cl)N1CCNCC1c1cccc(F)c1.